The van der Waals surface area contributed by atoms with E-state index < -0.39 is 0 Å². The Kier molecular flexibility index (Phi) is 30.0. The Morgan fingerprint density at radius 2 is 1.25 bits per heavy atom. The predicted molar refractivity (Wildman–Crippen MR) is 106 cm³/mol. The van der Waals surface area contributed by atoms with Gasteiger partial charge >= 0.3 is 0 Å². The minimum absolute atomic E-state index is 0. The van der Waals surface area contributed by atoms with E-state index in [0.717, 1.165) is 5.56 Å². The van der Waals surface area contributed by atoms with Gasteiger partial charge in [-0.15, -0.1) is 0 Å². The van der Waals surface area contributed by atoms with Crippen molar-refractivity contribution in [1.29, 1.82) is 0 Å². The smallest absolute Gasteiger partial charge is 0.185 e. The van der Waals surface area contributed by atoms with E-state index in [1.54, 1.807) is 12.4 Å². The number of ether oxygens (including phenoxy) is 2. The maximum atomic E-state index is 5.28. The zero-order chi connectivity index (χ0) is 17.8. The van der Waals surface area contributed by atoms with Gasteiger partial charge in [-0.3, -0.25) is 4.98 Å². The molecule has 1 aliphatic heterocycles. The molecule has 0 amide bonds. The van der Waals surface area contributed by atoms with Crippen LogP contribution in [0.15, 0.2) is 24.5 Å². The van der Waals surface area contributed by atoms with Crippen molar-refractivity contribution >= 4 is 23.9 Å². The third-order valence-electron chi connectivity index (χ3n) is 3.08. The third-order valence-corrected chi connectivity index (χ3v) is 3.08. The number of hydrogen-bond donors (Lipinski definition) is 0. The Bertz CT molecular complexity index is 288. The fraction of sp³-hybridized carbons (Fsp3) is 0.750. The second kappa shape index (κ2) is 25.1. The van der Waals surface area contributed by atoms with Crippen molar-refractivity contribution in [2.24, 2.45) is 0 Å². The molecular weight excluding hydrogens is 405 g/mol. The zero-order valence-corrected chi connectivity index (χ0v) is 19.7. The molecule has 1 saturated heterocycles. The van der Waals surface area contributed by atoms with Crippen molar-refractivity contribution in [2.75, 3.05) is 13.2 Å². The van der Waals surface area contributed by atoms with Crippen molar-refractivity contribution in [1.82, 2.24) is 4.98 Å². The standard InChI is InChI=1S/C8H9NO2.3C4H10.Sn/c1-2-7(6-9-3-1)8-10-4-5-11-8;3*1-3-4-2;/h1-3,6,8H,4-5H2;3*3-4H2,1-2H3;. The Hall–Kier alpha value is -0.131. The number of hydrogen-bond acceptors (Lipinski definition) is 3. The molecular formula is C20H39NO2Sn. The second-order valence-corrected chi connectivity index (χ2v) is 5.36. The van der Waals surface area contributed by atoms with Gasteiger partial charge in [-0.25, -0.2) is 0 Å². The van der Waals surface area contributed by atoms with E-state index in [-0.39, 0.29) is 30.2 Å². The SMILES string of the molecule is CCCC.CCCC.CCCC.[Sn].c1cncc(C2OCCO2)c1. The van der Waals surface area contributed by atoms with Crippen LogP contribution in [0.3, 0.4) is 0 Å². The van der Waals surface area contributed by atoms with Crippen LogP contribution >= 0.6 is 0 Å². The summed E-state index contributed by atoms with van der Waals surface area (Å²) in [6.45, 7) is 14.4. The molecule has 1 fully saturated rings. The first-order valence-corrected chi connectivity index (χ1v) is 9.34. The summed E-state index contributed by atoms with van der Waals surface area (Å²) in [5.41, 5.74) is 0.991. The average Bonchev–Trinajstić information content (AvgIpc) is 3.18. The number of aromatic nitrogens is 1. The van der Waals surface area contributed by atoms with Gasteiger partial charge in [0.15, 0.2) is 6.29 Å². The molecule has 4 radical (unpaired) electrons. The van der Waals surface area contributed by atoms with Crippen molar-refractivity contribution in [2.45, 2.75) is 86.4 Å². The summed E-state index contributed by atoms with van der Waals surface area (Å²) in [6.07, 6.45) is 11.2. The number of pyridine rings is 1. The third kappa shape index (κ3) is 19.9. The van der Waals surface area contributed by atoms with Crippen LogP contribution in [0.2, 0.25) is 0 Å². The molecule has 4 heteroatoms. The molecule has 0 bridgehead atoms. The Morgan fingerprint density at radius 3 is 1.54 bits per heavy atom. The van der Waals surface area contributed by atoms with Gasteiger partial charge in [-0.2, -0.15) is 0 Å². The number of unbranched alkanes of at least 4 members (excludes halogenated alkanes) is 3. The van der Waals surface area contributed by atoms with Gasteiger partial charge in [-0.1, -0.05) is 86.1 Å². The normalized spacial score (nSPS) is 12.4. The summed E-state index contributed by atoms with van der Waals surface area (Å²) in [5.74, 6) is 0. The molecule has 0 atom stereocenters. The quantitative estimate of drug-likeness (QED) is 0.521. The molecule has 2 heterocycles. The van der Waals surface area contributed by atoms with Gasteiger partial charge in [0, 0.05) is 41.9 Å². The van der Waals surface area contributed by atoms with Crippen LogP contribution in [0, 0.1) is 0 Å². The Balaban J connectivity index is -0.000000288. The Labute approximate surface area is 167 Å². The van der Waals surface area contributed by atoms with Crippen LogP contribution in [0.25, 0.3) is 0 Å². The van der Waals surface area contributed by atoms with Crippen LogP contribution in [0.1, 0.15) is 91.9 Å². The van der Waals surface area contributed by atoms with Gasteiger partial charge in [0.2, 0.25) is 0 Å². The van der Waals surface area contributed by atoms with E-state index >= 15 is 0 Å². The first-order valence-electron chi connectivity index (χ1n) is 9.34. The van der Waals surface area contributed by atoms with Crippen molar-refractivity contribution < 1.29 is 9.47 Å². The van der Waals surface area contributed by atoms with E-state index in [0.29, 0.717) is 13.2 Å². The molecule has 140 valence electrons. The van der Waals surface area contributed by atoms with Crippen LogP contribution in [0.5, 0.6) is 0 Å². The van der Waals surface area contributed by atoms with Gasteiger partial charge in [0.1, 0.15) is 0 Å². The summed E-state index contributed by atoms with van der Waals surface area (Å²) in [6, 6.07) is 3.82. The van der Waals surface area contributed by atoms with Crippen molar-refractivity contribution in [3.8, 4) is 0 Å². The molecule has 0 aromatic carbocycles. The molecule has 1 aromatic heterocycles. The first kappa shape index (κ1) is 28.7. The molecule has 1 aromatic rings. The summed E-state index contributed by atoms with van der Waals surface area (Å²) in [5, 5.41) is 0. The van der Waals surface area contributed by atoms with Crippen molar-refractivity contribution in [3.63, 3.8) is 0 Å². The summed E-state index contributed by atoms with van der Waals surface area (Å²) in [4.78, 5) is 3.97. The van der Waals surface area contributed by atoms with E-state index in [2.05, 4.69) is 46.5 Å². The first-order chi connectivity index (χ1) is 11.2. The fourth-order valence-corrected chi connectivity index (χ4v) is 1.07. The van der Waals surface area contributed by atoms with E-state index in [1.165, 1.54) is 38.5 Å². The van der Waals surface area contributed by atoms with Gasteiger partial charge in [0.25, 0.3) is 0 Å². The van der Waals surface area contributed by atoms with E-state index in [4.69, 9.17) is 9.47 Å². The fourth-order valence-electron chi connectivity index (χ4n) is 1.07. The molecule has 0 aliphatic carbocycles. The second-order valence-electron chi connectivity index (χ2n) is 5.36. The average molecular weight is 444 g/mol. The summed E-state index contributed by atoms with van der Waals surface area (Å²) in [7, 11) is 0. The topological polar surface area (TPSA) is 31.4 Å². The molecule has 0 N–H and O–H groups in total. The molecule has 0 saturated carbocycles. The minimum atomic E-state index is -0.191. The van der Waals surface area contributed by atoms with E-state index in [1.807, 2.05) is 12.1 Å². The number of nitrogens with zero attached hydrogens (tertiary/aromatic N) is 1. The van der Waals surface area contributed by atoms with Crippen LogP contribution in [0.4, 0.5) is 0 Å². The largest absolute Gasteiger partial charge is 0.346 e. The van der Waals surface area contributed by atoms with Gasteiger partial charge < -0.3 is 9.47 Å². The minimum Gasteiger partial charge on any atom is -0.346 e. The molecule has 1 aliphatic rings. The number of rotatable bonds is 4. The van der Waals surface area contributed by atoms with E-state index in [9.17, 15) is 0 Å². The molecule has 2 rings (SSSR count). The molecule has 3 nitrogen and oxygen atoms in total. The predicted octanol–water partition coefficient (Wildman–Crippen LogP) is 6.17. The summed E-state index contributed by atoms with van der Waals surface area (Å²) >= 11 is 0. The molecule has 0 unspecified atom stereocenters. The summed E-state index contributed by atoms with van der Waals surface area (Å²) < 4.78 is 10.6. The van der Waals surface area contributed by atoms with Crippen LogP contribution < -0.4 is 0 Å². The maximum Gasteiger partial charge on any atom is 0.185 e. The molecule has 0 spiro atoms. The zero-order valence-electron chi connectivity index (χ0n) is 16.8. The van der Waals surface area contributed by atoms with Crippen molar-refractivity contribution in [3.05, 3.63) is 30.1 Å². The van der Waals surface area contributed by atoms with Gasteiger partial charge in [0.05, 0.1) is 13.2 Å². The monoisotopic (exact) mass is 445 g/mol. The van der Waals surface area contributed by atoms with Crippen LogP contribution in [-0.4, -0.2) is 42.1 Å². The molecule has 24 heavy (non-hydrogen) atoms. The van der Waals surface area contributed by atoms with Crippen LogP contribution in [-0.2, 0) is 9.47 Å². The Morgan fingerprint density at radius 1 is 0.833 bits per heavy atom. The maximum absolute atomic E-state index is 5.28. The van der Waals surface area contributed by atoms with Gasteiger partial charge in [-0.05, 0) is 6.07 Å².